The summed E-state index contributed by atoms with van der Waals surface area (Å²) in [5.74, 6) is -1.92. The quantitative estimate of drug-likeness (QED) is 0.634. The van der Waals surface area contributed by atoms with Crippen LogP contribution in [0.2, 0.25) is 5.02 Å². The first-order valence-electron chi connectivity index (χ1n) is 9.69. The first kappa shape index (κ1) is 22.5. The molecule has 1 aliphatic rings. The number of esters is 1. The first-order chi connectivity index (χ1) is 15.0. The minimum Gasteiger partial charge on any atom is -0.466 e. The van der Waals surface area contributed by atoms with E-state index in [2.05, 4.69) is 11.4 Å². The lowest BCUT2D eigenvalue weighted by Gasteiger charge is -2.31. The molecule has 160 valence electrons. The van der Waals surface area contributed by atoms with Crippen LogP contribution in [-0.4, -0.2) is 26.8 Å². The van der Waals surface area contributed by atoms with Gasteiger partial charge in [0, 0.05) is 17.8 Å². The number of ether oxygens (including phenoxy) is 2. The number of nitrogens with one attached hydrogen (secondary N) is 1. The summed E-state index contributed by atoms with van der Waals surface area (Å²) in [5, 5.41) is 13.4. The van der Waals surface area contributed by atoms with Crippen LogP contribution in [0.5, 0.6) is 0 Å². The molecule has 0 saturated heterocycles. The Kier molecular flexibility index (Phi) is 7.45. The summed E-state index contributed by atoms with van der Waals surface area (Å²) in [5.41, 5.74) is 3.27. The van der Waals surface area contributed by atoms with Crippen molar-refractivity contribution in [3.63, 3.8) is 0 Å². The second-order valence-corrected chi connectivity index (χ2v) is 7.44. The van der Waals surface area contributed by atoms with E-state index in [1.807, 2.05) is 30.3 Å². The number of nitrogens with zero attached hydrogens (tertiary/aromatic N) is 1. The Balaban J connectivity index is 2.13. The molecule has 1 unspecified atom stereocenters. The van der Waals surface area contributed by atoms with Gasteiger partial charge in [-0.3, -0.25) is 0 Å². The Morgan fingerprint density at radius 1 is 1.16 bits per heavy atom. The Hall–Kier alpha value is -3.14. The fourth-order valence-corrected chi connectivity index (χ4v) is 3.98. The Bertz CT molecular complexity index is 1070. The molecule has 0 radical (unpaired) electrons. The van der Waals surface area contributed by atoms with Crippen molar-refractivity contribution in [3.8, 4) is 6.07 Å². The van der Waals surface area contributed by atoms with Crippen molar-refractivity contribution < 1.29 is 18.7 Å². The molecule has 0 aromatic heterocycles. The third-order valence-corrected chi connectivity index (χ3v) is 5.45. The monoisotopic (exact) mass is 440 g/mol. The van der Waals surface area contributed by atoms with Gasteiger partial charge in [0.15, 0.2) is 0 Å². The molecule has 7 heteroatoms. The molecule has 1 atom stereocenters. The average molecular weight is 441 g/mol. The van der Waals surface area contributed by atoms with E-state index in [-0.39, 0.29) is 17.2 Å². The van der Waals surface area contributed by atoms with Crippen LogP contribution < -0.4 is 5.32 Å². The molecular formula is C24H22ClFN2O3. The van der Waals surface area contributed by atoms with Gasteiger partial charge in [0.05, 0.1) is 42.5 Å². The number of dihydropyridines is 1. The number of allylic oxidation sites excluding steroid dienone is 2. The molecule has 0 fully saturated rings. The largest absolute Gasteiger partial charge is 0.466 e. The van der Waals surface area contributed by atoms with Crippen LogP contribution in [0.25, 0.3) is 0 Å². The van der Waals surface area contributed by atoms with Crippen LogP contribution in [0.3, 0.4) is 0 Å². The van der Waals surface area contributed by atoms with Gasteiger partial charge in [0.2, 0.25) is 0 Å². The summed E-state index contributed by atoms with van der Waals surface area (Å²) in [4.78, 5) is 12.7. The highest BCUT2D eigenvalue weighted by Crippen LogP contribution is 2.42. The lowest BCUT2D eigenvalue weighted by Crippen LogP contribution is -2.32. The molecule has 1 N–H and O–H groups in total. The highest BCUT2D eigenvalue weighted by atomic mass is 35.5. The first-order valence-corrected chi connectivity index (χ1v) is 10.1. The zero-order valence-corrected chi connectivity index (χ0v) is 18.0. The fraction of sp³-hybridized carbons (Fsp3) is 0.250. The van der Waals surface area contributed by atoms with Gasteiger partial charge in [-0.15, -0.1) is 0 Å². The van der Waals surface area contributed by atoms with Crippen LogP contribution in [0.15, 0.2) is 71.1 Å². The Labute approximate surface area is 185 Å². The number of methoxy groups -OCH3 is 2. The van der Waals surface area contributed by atoms with Crippen LogP contribution in [0.4, 0.5) is 4.39 Å². The van der Waals surface area contributed by atoms with Gasteiger partial charge in [-0.05, 0) is 36.1 Å². The second-order valence-electron chi connectivity index (χ2n) is 7.03. The van der Waals surface area contributed by atoms with Crippen molar-refractivity contribution in [2.24, 2.45) is 0 Å². The van der Waals surface area contributed by atoms with Gasteiger partial charge >= 0.3 is 5.97 Å². The van der Waals surface area contributed by atoms with Crippen LogP contribution in [0.1, 0.15) is 23.5 Å². The van der Waals surface area contributed by atoms with Gasteiger partial charge in [-0.25, -0.2) is 9.18 Å². The molecule has 5 nitrogen and oxygen atoms in total. The Morgan fingerprint density at radius 2 is 1.90 bits per heavy atom. The molecule has 1 aliphatic heterocycles. The van der Waals surface area contributed by atoms with Crippen molar-refractivity contribution >= 4 is 17.6 Å². The Morgan fingerprint density at radius 3 is 2.52 bits per heavy atom. The maximum atomic E-state index is 13.7. The lowest BCUT2D eigenvalue weighted by atomic mass is 9.80. The standard InChI is InChI=1S/C24H22ClFN2O3/c1-30-14-21-23(24(29)31-2)22(17-10-9-16(26)12-19(17)25)18(13-27)20(28-21)11-8-15-6-4-3-5-7-15/h3-7,9-10,12,22,28H,8,11,14H2,1-2H3. The van der Waals surface area contributed by atoms with E-state index in [0.29, 0.717) is 35.4 Å². The molecule has 0 saturated carbocycles. The van der Waals surface area contributed by atoms with E-state index >= 15 is 0 Å². The smallest absolute Gasteiger partial charge is 0.336 e. The molecule has 0 spiro atoms. The van der Waals surface area contributed by atoms with Crippen molar-refractivity contribution in [2.45, 2.75) is 18.8 Å². The molecule has 0 aliphatic carbocycles. The number of hydrogen-bond donors (Lipinski definition) is 1. The summed E-state index contributed by atoms with van der Waals surface area (Å²) >= 11 is 6.35. The number of aryl methyl sites for hydroxylation is 1. The topological polar surface area (TPSA) is 71.3 Å². The minimum atomic E-state index is -0.803. The average Bonchev–Trinajstić information content (AvgIpc) is 2.77. The summed E-state index contributed by atoms with van der Waals surface area (Å²) in [6, 6.07) is 16.0. The van der Waals surface area contributed by atoms with Crippen molar-refractivity contribution in [2.75, 3.05) is 20.8 Å². The van der Waals surface area contributed by atoms with Gasteiger partial charge in [0.25, 0.3) is 0 Å². The van der Waals surface area contributed by atoms with Crippen molar-refractivity contribution in [3.05, 3.63) is 93.0 Å². The molecule has 2 aromatic rings. The number of nitriles is 1. The summed E-state index contributed by atoms with van der Waals surface area (Å²) < 4.78 is 24.0. The number of hydrogen-bond acceptors (Lipinski definition) is 5. The number of carbonyl (C=O) groups excluding carboxylic acids is 1. The minimum absolute atomic E-state index is 0.104. The van der Waals surface area contributed by atoms with E-state index in [1.54, 1.807) is 0 Å². The SMILES string of the molecule is COCC1=C(C(=O)OC)C(c2ccc(F)cc2Cl)C(C#N)=C(CCc2ccccc2)N1. The van der Waals surface area contributed by atoms with Gasteiger partial charge in [-0.1, -0.05) is 48.0 Å². The van der Waals surface area contributed by atoms with Gasteiger partial charge < -0.3 is 14.8 Å². The molecular weight excluding hydrogens is 419 g/mol. The van der Waals surface area contributed by atoms with Gasteiger partial charge in [0.1, 0.15) is 5.82 Å². The number of carbonyl (C=O) groups is 1. The van der Waals surface area contributed by atoms with Crippen LogP contribution >= 0.6 is 11.6 Å². The van der Waals surface area contributed by atoms with Crippen LogP contribution in [0, 0.1) is 17.1 Å². The van der Waals surface area contributed by atoms with Crippen molar-refractivity contribution in [1.82, 2.24) is 5.32 Å². The fourth-order valence-electron chi connectivity index (χ4n) is 3.71. The normalized spacial score (nSPS) is 16.0. The number of rotatable bonds is 7. The predicted octanol–water partition coefficient (Wildman–Crippen LogP) is 4.65. The van der Waals surface area contributed by atoms with E-state index in [0.717, 1.165) is 5.56 Å². The molecule has 1 heterocycles. The molecule has 2 aromatic carbocycles. The van der Waals surface area contributed by atoms with Crippen molar-refractivity contribution in [1.29, 1.82) is 5.26 Å². The lowest BCUT2D eigenvalue weighted by molar-refractivity contribution is -0.136. The highest BCUT2D eigenvalue weighted by Gasteiger charge is 2.37. The van der Waals surface area contributed by atoms with Crippen LogP contribution in [-0.2, 0) is 20.7 Å². The third kappa shape index (κ3) is 4.96. The number of halogens is 2. The highest BCUT2D eigenvalue weighted by molar-refractivity contribution is 6.31. The number of benzene rings is 2. The second kappa shape index (κ2) is 10.3. The predicted molar refractivity (Wildman–Crippen MR) is 116 cm³/mol. The molecule has 0 amide bonds. The van der Waals surface area contributed by atoms with Gasteiger partial charge in [-0.2, -0.15) is 5.26 Å². The molecule has 31 heavy (non-hydrogen) atoms. The molecule has 0 bridgehead atoms. The van der Waals surface area contributed by atoms with E-state index in [9.17, 15) is 14.4 Å². The maximum absolute atomic E-state index is 13.7. The van der Waals surface area contributed by atoms with E-state index in [4.69, 9.17) is 21.1 Å². The zero-order chi connectivity index (χ0) is 22.4. The summed E-state index contributed by atoms with van der Waals surface area (Å²) in [6.45, 7) is 0.104. The maximum Gasteiger partial charge on any atom is 0.336 e. The van der Waals surface area contributed by atoms with E-state index < -0.39 is 17.7 Å². The summed E-state index contributed by atoms with van der Waals surface area (Å²) in [6.07, 6.45) is 1.22. The zero-order valence-electron chi connectivity index (χ0n) is 17.2. The third-order valence-electron chi connectivity index (χ3n) is 5.12. The summed E-state index contributed by atoms with van der Waals surface area (Å²) in [7, 11) is 2.78. The van der Waals surface area contributed by atoms with E-state index in [1.165, 1.54) is 32.4 Å². The molecule has 3 rings (SSSR count).